The summed E-state index contributed by atoms with van der Waals surface area (Å²) in [6.45, 7) is 4.20. The number of nitro benzene ring substituents is 1. The van der Waals surface area contributed by atoms with Gasteiger partial charge in [-0.15, -0.1) is 11.3 Å². The van der Waals surface area contributed by atoms with E-state index in [1.165, 1.54) is 17.4 Å². The monoisotopic (exact) mass is 334 g/mol. The molecular formula is C15H18N4O3S. The van der Waals surface area contributed by atoms with E-state index in [4.69, 9.17) is 0 Å². The van der Waals surface area contributed by atoms with E-state index in [1.807, 2.05) is 13.8 Å². The van der Waals surface area contributed by atoms with Crippen LogP contribution in [0.2, 0.25) is 0 Å². The number of thiazole rings is 1. The Morgan fingerprint density at radius 2 is 2.09 bits per heavy atom. The second-order valence-electron chi connectivity index (χ2n) is 5.29. The van der Waals surface area contributed by atoms with E-state index in [9.17, 15) is 14.9 Å². The number of rotatable bonds is 5. The topological polar surface area (TPSA) is 88.4 Å². The molecule has 0 unspecified atom stereocenters. The van der Waals surface area contributed by atoms with Gasteiger partial charge in [0.1, 0.15) is 10.7 Å². The number of nitrogens with zero attached hydrogens (tertiary/aromatic N) is 3. The fourth-order valence-electron chi connectivity index (χ4n) is 2.06. The number of nitro groups is 1. The summed E-state index contributed by atoms with van der Waals surface area (Å²) in [6, 6.07) is 4.45. The second kappa shape index (κ2) is 6.74. The van der Waals surface area contributed by atoms with Crippen LogP contribution in [-0.2, 0) is 6.54 Å². The van der Waals surface area contributed by atoms with E-state index in [2.05, 4.69) is 10.3 Å². The van der Waals surface area contributed by atoms with Gasteiger partial charge in [-0.1, -0.05) is 0 Å². The van der Waals surface area contributed by atoms with Crippen LogP contribution in [0.1, 0.15) is 25.9 Å². The van der Waals surface area contributed by atoms with Crippen molar-refractivity contribution in [2.45, 2.75) is 20.4 Å². The number of carbonyl (C=O) groups excluding carboxylic acids is 1. The summed E-state index contributed by atoms with van der Waals surface area (Å²) in [4.78, 5) is 30.0. The number of hydrogen-bond donors (Lipinski definition) is 1. The Morgan fingerprint density at radius 1 is 1.39 bits per heavy atom. The summed E-state index contributed by atoms with van der Waals surface area (Å²) in [7, 11) is 3.43. The number of benzene rings is 1. The smallest absolute Gasteiger partial charge is 0.293 e. The third-order valence-corrected chi connectivity index (χ3v) is 4.46. The predicted octanol–water partition coefficient (Wildman–Crippen LogP) is 2.66. The van der Waals surface area contributed by atoms with Gasteiger partial charge in [-0.05, 0) is 26.0 Å². The first-order chi connectivity index (χ1) is 10.8. The van der Waals surface area contributed by atoms with Gasteiger partial charge < -0.3 is 10.2 Å². The zero-order valence-corrected chi connectivity index (χ0v) is 14.2. The molecule has 1 amide bonds. The normalized spacial score (nSPS) is 10.4. The Morgan fingerprint density at radius 3 is 2.61 bits per heavy atom. The molecule has 0 saturated heterocycles. The predicted molar refractivity (Wildman–Crippen MR) is 90.2 cm³/mol. The Labute approximate surface area is 138 Å². The number of aromatic nitrogens is 1. The van der Waals surface area contributed by atoms with Crippen molar-refractivity contribution in [3.05, 3.63) is 49.5 Å². The lowest BCUT2D eigenvalue weighted by Crippen LogP contribution is -2.23. The largest absolute Gasteiger partial charge is 0.372 e. The van der Waals surface area contributed by atoms with Gasteiger partial charge in [-0.2, -0.15) is 0 Å². The minimum atomic E-state index is -0.486. The minimum Gasteiger partial charge on any atom is -0.372 e. The van der Waals surface area contributed by atoms with Crippen molar-refractivity contribution in [1.82, 2.24) is 10.3 Å². The molecule has 0 aliphatic heterocycles. The van der Waals surface area contributed by atoms with Crippen molar-refractivity contribution in [2.75, 3.05) is 19.0 Å². The number of anilines is 1. The van der Waals surface area contributed by atoms with Gasteiger partial charge in [0.05, 0.1) is 17.2 Å². The quantitative estimate of drug-likeness (QED) is 0.671. The number of carbonyl (C=O) groups is 1. The van der Waals surface area contributed by atoms with E-state index in [0.717, 1.165) is 15.6 Å². The lowest BCUT2D eigenvalue weighted by Gasteiger charge is -2.13. The molecule has 0 radical (unpaired) electrons. The van der Waals surface area contributed by atoms with E-state index in [-0.39, 0.29) is 17.2 Å². The summed E-state index contributed by atoms with van der Waals surface area (Å²) in [6.07, 6.45) is 0. The highest BCUT2D eigenvalue weighted by molar-refractivity contribution is 7.11. The van der Waals surface area contributed by atoms with Crippen LogP contribution < -0.4 is 10.2 Å². The van der Waals surface area contributed by atoms with Crippen LogP contribution in [0.4, 0.5) is 11.4 Å². The second-order valence-corrected chi connectivity index (χ2v) is 6.57. The standard InChI is InChI=1S/C15H18N4O3S/c1-9-10(2)23-14(17-9)8-16-15(20)11-5-6-12(18(3)4)13(7-11)19(21)22/h5-7H,8H2,1-4H3,(H,16,20). The van der Waals surface area contributed by atoms with E-state index >= 15 is 0 Å². The molecule has 1 aromatic carbocycles. The molecule has 8 heteroatoms. The Hall–Kier alpha value is -2.48. The van der Waals surface area contributed by atoms with Gasteiger partial charge in [0, 0.05) is 30.6 Å². The molecule has 1 N–H and O–H groups in total. The maximum absolute atomic E-state index is 12.2. The summed E-state index contributed by atoms with van der Waals surface area (Å²) in [5.41, 5.74) is 1.57. The number of nitrogens with one attached hydrogen (secondary N) is 1. The van der Waals surface area contributed by atoms with Crippen molar-refractivity contribution < 1.29 is 9.72 Å². The molecule has 0 bridgehead atoms. The van der Waals surface area contributed by atoms with Gasteiger partial charge in [0.15, 0.2) is 0 Å². The maximum atomic E-state index is 12.2. The maximum Gasteiger partial charge on any atom is 0.293 e. The lowest BCUT2D eigenvalue weighted by atomic mass is 10.1. The van der Waals surface area contributed by atoms with Crippen LogP contribution in [0.15, 0.2) is 18.2 Å². The van der Waals surface area contributed by atoms with E-state index in [1.54, 1.807) is 31.1 Å². The highest BCUT2D eigenvalue weighted by Crippen LogP contribution is 2.27. The third-order valence-electron chi connectivity index (χ3n) is 3.39. The van der Waals surface area contributed by atoms with Gasteiger partial charge in [-0.25, -0.2) is 4.98 Å². The summed E-state index contributed by atoms with van der Waals surface area (Å²) < 4.78 is 0. The number of aryl methyl sites for hydroxylation is 2. The van der Waals surface area contributed by atoms with Gasteiger partial charge >= 0.3 is 0 Å². The molecule has 122 valence electrons. The van der Waals surface area contributed by atoms with Gasteiger partial charge in [0.25, 0.3) is 11.6 Å². The van der Waals surface area contributed by atoms with Crippen molar-refractivity contribution in [3.63, 3.8) is 0 Å². The molecule has 1 heterocycles. The molecule has 0 atom stereocenters. The summed E-state index contributed by atoms with van der Waals surface area (Å²) >= 11 is 1.53. The molecule has 0 saturated carbocycles. The van der Waals surface area contributed by atoms with Gasteiger partial charge in [0.2, 0.25) is 0 Å². The van der Waals surface area contributed by atoms with E-state index in [0.29, 0.717) is 12.2 Å². The molecule has 0 aliphatic rings. The molecule has 0 spiro atoms. The van der Waals surface area contributed by atoms with Crippen LogP contribution in [-0.4, -0.2) is 29.9 Å². The van der Waals surface area contributed by atoms with Crippen LogP contribution in [0.3, 0.4) is 0 Å². The molecular weight excluding hydrogens is 316 g/mol. The number of hydrogen-bond acceptors (Lipinski definition) is 6. The van der Waals surface area contributed by atoms with Crippen LogP contribution in [0.5, 0.6) is 0 Å². The Balaban J connectivity index is 2.16. The average Bonchev–Trinajstić information content (AvgIpc) is 2.82. The first kappa shape index (κ1) is 16.9. The molecule has 7 nitrogen and oxygen atoms in total. The molecule has 0 aliphatic carbocycles. The summed E-state index contributed by atoms with van der Waals surface area (Å²) in [5, 5.41) is 14.7. The molecule has 2 rings (SSSR count). The molecule has 1 aromatic heterocycles. The van der Waals surface area contributed by atoms with Crippen molar-refractivity contribution in [1.29, 1.82) is 0 Å². The lowest BCUT2D eigenvalue weighted by molar-refractivity contribution is -0.384. The average molecular weight is 334 g/mol. The number of amides is 1. The van der Waals surface area contributed by atoms with Crippen LogP contribution in [0.25, 0.3) is 0 Å². The highest BCUT2D eigenvalue weighted by Gasteiger charge is 2.19. The minimum absolute atomic E-state index is 0.0939. The molecule has 0 fully saturated rings. The van der Waals surface area contributed by atoms with Crippen LogP contribution >= 0.6 is 11.3 Å². The van der Waals surface area contributed by atoms with Gasteiger partial charge in [-0.3, -0.25) is 14.9 Å². The fourth-order valence-corrected chi connectivity index (χ4v) is 2.94. The first-order valence-corrected chi connectivity index (χ1v) is 7.78. The molecule has 2 aromatic rings. The highest BCUT2D eigenvalue weighted by atomic mass is 32.1. The zero-order valence-electron chi connectivity index (χ0n) is 13.4. The Kier molecular flexibility index (Phi) is 4.95. The zero-order chi connectivity index (χ0) is 17.1. The third kappa shape index (κ3) is 3.84. The van der Waals surface area contributed by atoms with Crippen molar-refractivity contribution >= 4 is 28.6 Å². The van der Waals surface area contributed by atoms with E-state index < -0.39 is 4.92 Å². The molecule has 23 heavy (non-hydrogen) atoms. The summed E-state index contributed by atoms with van der Waals surface area (Å²) in [5.74, 6) is -0.357. The van der Waals surface area contributed by atoms with Crippen molar-refractivity contribution in [2.24, 2.45) is 0 Å². The first-order valence-electron chi connectivity index (χ1n) is 6.96. The fraction of sp³-hybridized carbons (Fsp3) is 0.333. The van der Waals surface area contributed by atoms with Crippen molar-refractivity contribution in [3.8, 4) is 0 Å². The van der Waals surface area contributed by atoms with Crippen LogP contribution in [0, 0.1) is 24.0 Å². The Bertz CT molecular complexity index is 736. The SMILES string of the molecule is Cc1nc(CNC(=O)c2ccc(N(C)C)c([N+](=O)[O-])c2)sc1C.